The van der Waals surface area contributed by atoms with Gasteiger partial charge in [-0.05, 0) is 103 Å². The highest BCUT2D eigenvalue weighted by Gasteiger charge is 2.78. The van der Waals surface area contributed by atoms with Crippen molar-refractivity contribution >= 4 is 5.97 Å². The third-order valence-corrected chi connectivity index (χ3v) is 10.7. The van der Waals surface area contributed by atoms with Gasteiger partial charge < -0.3 is 24.6 Å². The van der Waals surface area contributed by atoms with Gasteiger partial charge in [-0.3, -0.25) is 9.69 Å². The normalized spacial score (nSPS) is 45.9. The summed E-state index contributed by atoms with van der Waals surface area (Å²) in [4.78, 5) is 15.0. The van der Waals surface area contributed by atoms with Crippen molar-refractivity contribution in [1.29, 1.82) is 0 Å². The highest BCUT2D eigenvalue weighted by atomic mass is 16.6. The standard InChI is InChI=1S/C29H48N2O5/c1-27(2,3)36-23(33)6-5-14-30-20-11-12-29(34-4)22-16-19-9-10-21(32)25-24(19)28(29,26(20)35-25)13-15-31(22)17-18-7-8-18/h18-22,24-26,30,32H,5-17H2,1-4H3/t19?,20?,21?,22?,24?,25?,26-,28-,29+/m0/s1. The van der Waals surface area contributed by atoms with Gasteiger partial charge >= 0.3 is 5.97 Å². The van der Waals surface area contributed by atoms with E-state index < -0.39 is 5.60 Å². The lowest BCUT2D eigenvalue weighted by atomic mass is 9.42. The molecule has 2 bridgehead atoms. The smallest absolute Gasteiger partial charge is 0.306 e. The van der Waals surface area contributed by atoms with Crippen LogP contribution in [0.3, 0.4) is 0 Å². The highest BCUT2D eigenvalue weighted by molar-refractivity contribution is 5.69. The van der Waals surface area contributed by atoms with Crippen LogP contribution in [0.5, 0.6) is 0 Å². The van der Waals surface area contributed by atoms with Gasteiger partial charge in [0.25, 0.3) is 0 Å². The minimum Gasteiger partial charge on any atom is -0.460 e. The molecule has 1 spiro atoms. The summed E-state index contributed by atoms with van der Waals surface area (Å²) in [5.41, 5.74) is -0.664. The molecule has 4 aliphatic carbocycles. The van der Waals surface area contributed by atoms with Crippen LogP contribution in [0, 0.1) is 23.2 Å². The number of methoxy groups -OCH3 is 1. The maximum Gasteiger partial charge on any atom is 0.306 e. The summed E-state index contributed by atoms with van der Waals surface area (Å²) in [6.07, 6.45) is 9.92. The Hall–Kier alpha value is -0.730. The Kier molecular flexibility index (Phi) is 6.52. The molecule has 2 heterocycles. The number of ether oxygens (including phenoxy) is 3. The van der Waals surface area contributed by atoms with E-state index in [-0.39, 0.29) is 41.3 Å². The van der Waals surface area contributed by atoms with Crippen LogP contribution in [0.15, 0.2) is 0 Å². The van der Waals surface area contributed by atoms with E-state index in [0.29, 0.717) is 24.3 Å². The Bertz CT molecular complexity index is 842. The Labute approximate surface area is 217 Å². The van der Waals surface area contributed by atoms with Crippen LogP contribution < -0.4 is 5.32 Å². The number of rotatable bonds is 8. The van der Waals surface area contributed by atoms with Crippen LogP contribution in [-0.4, -0.2) is 84.3 Å². The zero-order valence-corrected chi connectivity index (χ0v) is 22.8. The maximum absolute atomic E-state index is 12.2. The van der Waals surface area contributed by atoms with Crippen LogP contribution in [0.1, 0.15) is 85.0 Å². The predicted octanol–water partition coefficient (Wildman–Crippen LogP) is 3.27. The molecule has 0 radical (unpaired) electrons. The van der Waals surface area contributed by atoms with Crippen molar-refractivity contribution in [3.63, 3.8) is 0 Å². The molecule has 9 atom stereocenters. The molecule has 7 nitrogen and oxygen atoms in total. The summed E-state index contributed by atoms with van der Waals surface area (Å²) in [6.45, 7) is 8.88. The van der Waals surface area contributed by atoms with Crippen molar-refractivity contribution < 1.29 is 24.1 Å². The molecule has 2 aliphatic heterocycles. The van der Waals surface area contributed by atoms with Gasteiger partial charge in [0, 0.05) is 43.5 Å². The van der Waals surface area contributed by atoms with Gasteiger partial charge in [-0.1, -0.05) is 0 Å². The van der Waals surface area contributed by atoms with Crippen molar-refractivity contribution in [1.82, 2.24) is 10.2 Å². The molecule has 7 heteroatoms. The van der Waals surface area contributed by atoms with E-state index in [1.165, 1.54) is 25.8 Å². The van der Waals surface area contributed by atoms with E-state index in [0.717, 1.165) is 57.5 Å². The van der Waals surface area contributed by atoms with E-state index in [4.69, 9.17) is 14.2 Å². The van der Waals surface area contributed by atoms with Gasteiger partial charge in [-0.25, -0.2) is 0 Å². The molecule has 0 aromatic rings. The molecule has 204 valence electrons. The summed E-state index contributed by atoms with van der Waals surface area (Å²) >= 11 is 0. The molecule has 0 aromatic carbocycles. The molecule has 6 aliphatic rings. The lowest BCUT2D eigenvalue weighted by Gasteiger charge is -2.70. The van der Waals surface area contributed by atoms with Gasteiger partial charge in [0.05, 0.1) is 23.9 Å². The average molecular weight is 505 g/mol. The fourth-order valence-electron chi connectivity index (χ4n) is 9.40. The van der Waals surface area contributed by atoms with Crippen LogP contribution in [0.4, 0.5) is 0 Å². The molecule has 6 fully saturated rings. The Balaban J connectivity index is 1.22. The molecule has 4 saturated carbocycles. The van der Waals surface area contributed by atoms with E-state index >= 15 is 0 Å². The van der Waals surface area contributed by atoms with Crippen molar-refractivity contribution in [2.75, 3.05) is 26.7 Å². The minimum atomic E-state index is -0.437. The number of piperidine rings is 1. The lowest BCUT2D eigenvalue weighted by Crippen LogP contribution is -2.79. The number of hydrogen-bond acceptors (Lipinski definition) is 7. The van der Waals surface area contributed by atoms with E-state index in [1.807, 2.05) is 27.9 Å². The van der Waals surface area contributed by atoms with Gasteiger partial charge in [0.1, 0.15) is 5.60 Å². The van der Waals surface area contributed by atoms with Gasteiger partial charge in [-0.2, -0.15) is 0 Å². The van der Waals surface area contributed by atoms with Crippen LogP contribution in [0.2, 0.25) is 0 Å². The quantitative estimate of drug-likeness (QED) is 0.388. The fourth-order valence-corrected chi connectivity index (χ4v) is 9.40. The summed E-state index contributed by atoms with van der Waals surface area (Å²) in [5, 5.41) is 14.9. The van der Waals surface area contributed by atoms with Crippen molar-refractivity contribution in [2.45, 2.75) is 127 Å². The lowest BCUT2D eigenvalue weighted by molar-refractivity contribution is -0.272. The molecule has 36 heavy (non-hydrogen) atoms. The van der Waals surface area contributed by atoms with Crippen molar-refractivity contribution in [3.05, 3.63) is 0 Å². The monoisotopic (exact) mass is 504 g/mol. The SMILES string of the molecule is CO[C@]12CCC(NCCCC(=O)OC(C)(C)C)[C@@H]3OC4C(O)CCC5CC1N(CC1CC1)CC[C@]32C54. The molecular weight excluding hydrogens is 456 g/mol. The molecule has 0 amide bonds. The van der Waals surface area contributed by atoms with Crippen LogP contribution in [-0.2, 0) is 19.0 Å². The molecule has 2 N–H and O–H groups in total. The Morgan fingerprint density at radius 2 is 1.97 bits per heavy atom. The second-order valence-corrected chi connectivity index (χ2v) is 13.8. The van der Waals surface area contributed by atoms with Crippen molar-refractivity contribution in [3.8, 4) is 0 Å². The zero-order chi connectivity index (χ0) is 25.3. The molecule has 2 saturated heterocycles. The number of carbonyl (C=O) groups excluding carboxylic acids is 1. The van der Waals surface area contributed by atoms with E-state index in [2.05, 4.69) is 10.2 Å². The van der Waals surface area contributed by atoms with Gasteiger partial charge in [-0.15, -0.1) is 0 Å². The molecule has 0 aromatic heterocycles. The summed E-state index contributed by atoms with van der Waals surface area (Å²) in [7, 11) is 1.95. The second kappa shape index (κ2) is 9.18. The fraction of sp³-hybridized carbons (Fsp3) is 0.966. The number of aliphatic hydroxyl groups excluding tert-OH is 1. The Morgan fingerprint density at radius 1 is 1.17 bits per heavy atom. The highest BCUT2D eigenvalue weighted by Crippen LogP contribution is 2.70. The number of nitrogens with one attached hydrogen (secondary N) is 1. The Morgan fingerprint density at radius 3 is 2.69 bits per heavy atom. The first kappa shape index (κ1) is 25.5. The molecule has 6 unspecified atom stereocenters. The largest absolute Gasteiger partial charge is 0.460 e. The number of carbonyl (C=O) groups is 1. The number of aliphatic hydroxyl groups is 1. The number of esters is 1. The zero-order valence-electron chi connectivity index (χ0n) is 22.8. The first-order valence-electron chi connectivity index (χ1n) is 14.8. The van der Waals surface area contributed by atoms with Gasteiger partial charge in [0.15, 0.2) is 0 Å². The molecule has 6 rings (SSSR count). The predicted molar refractivity (Wildman–Crippen MR) is 136 cm³/mol. The number of nitrogens with zero attached hydrogens (tertiary/aromatic N) is 1. The first-order chi connectivity index (χ1) is 17.2. The van der Waals surface area contributed by atoms with Gasteiger partial charge in [0.2, 0.25) is 0 Å². The maximum atomic E-state index is 12.2. The third kappa shape index (κ3) is 3.98. The van der Waals surface area contributed by atoms with Crippen LogP contribution in [0.25, 0.3) is 0 Å². The first-order valence-corrected chi connectivity index (χ1v) is 14.8. The second-order valence-electron chi connectivity index (χ2n) is 13.8. The van der Waals surface area contributed by atoms with Crippen LogP contribution >= 0.6 is 0 Å². The number of hydrogen-bond donors (Lipinski definition) is 2. The third-order valence-electron chi connectivity index (χ3n) is 10.7. The average Bonchev–Trinajstić information content (AvgIpc) is 3.56. The molecular formula is C29H48N2O5. The summed E-state index contributed by atoms with van der Waals surface area (Å²) in [5.74, 6) is 1.75. The summed E-state index contributed by atoms with van der Waals surface area (Å²) < 4.78 is 19.2. The topological polar surface area (TPSA) is 80.3 Å². The number of likely N-dealkylation sites (tertiary alicyclic amines) is 1. The summed E-state index contributed by atoms with van der Waals surface area (Å²) in [6, 6.07) is 0.699. The van der Waals surface area contributed by atoms with E-state index in [9.17, 15) is 9.90 Å². The van der Waals surface area contributed by atoms with E-state index in [1.54, 1.807) is 0 Å². The minimum absolute atomic E-state index is 0.0392. The van der Waals surface area contributed by atoms with Crippen molar-refractivity contribution in [2.24, 2.45) is 23.2 Å².